The predicted octanol–water partition coefficient (Wildman–Crippen LogP) is 6.50. The van der Waals surface area contributed by atoms with Gasteiger partial charge in [0.25, 0.3) is 11.7 Å². The Balaban J connectivity index is 1.56. The summed E-state index contributed by atoms with van der Waals surface area (Å²) in [6.07, 6.45) is 2.21. The molecule has 7 heteroatoms. The zero-order chi connectivity index (χ0) is 29.8. The van der Waals surface area contributed by atoms with Crippen molar-refractivity contribution in [1.29, 1.82) is 0 Å². The van der Waals surface area contributed by atoms with Crippen LogP contribution < -0.4 is 14.2 Å². The van der Waals surface area contributed by atoms with E-state index in [-0.39, 0.29) is 17.4 Å². The summed E-state index contributed by atoms with van der Waals surface area (Å²) in [6, 6.07) is 19.9. The van der Waals surface area contributed by atoms with Crippen molar-refractivity contribution in [3.63, 3.8) is 0 Å². The van der Waals surface area contributed by atoms with E-state index < -0.39 is 17.7 Å². The van der Waals surface area contributed by atoms with Crippen LogP contribution in [0.4, 0.5) is 0 Å². The van der Waals surface area contributed by atoms with Crippen LogP contribution >= 0.6 is 0 Å². The van der Waals surface area contributed by atoms with E-state index in [1.165, 1.54) is 0 Å². The Morgan fingerprint density at radius 2 is 1.81 bits per heavy atom. The molecule has 1 N–H and O–H groups in total. The van der Waals surface area contributed by atoms with Crippen LogP contribution in [0, 0.1) is 5.92 Å². The Hall–Kier alpha value is -4.26. The first-order chi connectivity index (χ1) is 20.3. The van der Waals surface area contributed by atoms with Gasteiger partial charge >= 0.3 is 0 Å². The highest BCUT2D eigenvalue weighted by atomic mass is 16.5. The number of carbonyl (C=O) groups excluding carboxylic acids is 2. The Bertz CT molecular complexity index is 1480. The quantitative estimate of drug-likeness (QED) is 0.161. The minimum Gasteiger partial charge on any atom is -0.507 e. The number of nitrogens with zero attached hydrogens (tertiary/aromatic N) is 1. The Morgan fingerprint density at radius 1 is 1.02 bits per heavy atom. The maximum atomic E-state index is 13.6. The van der Waals surface area contributed by atoms with Gasteiger partial charge < -0.3 is 24.2 Å². The number of aliphatic hydroxyl groups is 1. The average Bonchev–Trinajstić information content (AvgIpc) is 3.47. The van der Waals surface area contributed by atoms with Crippen LogP contribution in [0.15, 0.2) is 72.3 Å². The monoisotopic (exact) mass is 569 g/mol. The highest BCUT2D eigenvalue weighted by Crippen LogP contribution is 2.43. The van der Waals surface area contributed by atoms with E-state index in [0.717, 1.165) is 23.3 Å². The van der Waals surface area contributed by atoms with Crippen LogP contribution in [0.3, 0.4) is 0 Å². The molecule has 0 bridgehead atoms. The molecule has 5 rings (SSSR count). The summed E-state index contributed by atoms with van der Waals surface area (Å²) in [5, 5.41) is 11.6. The third-order valence-corrected chi connectivity index (χ3v) is 7.73. The topological polar surface area (TPSA) is 85.3 Å². The standard InChI is InChI=1S/C35H39NO6/c1-5-40-30-21-25(11-14-29(30)41-18-16-22(2)3)32-31(33(37)26-12-13-28-27(20-26)19-23(4)42-28)34(38)35(39)36(32)17-15-24-9-7-6-8-10-24/h6-14,20-23,32,37H,5,15-19H2,1-4H3/b33-31+/t23-,32+/m1/s1. The van der Waals surface area contributed by atoms with E-state index in [9.17, 15) is 14.7 Å². The summed E-state index contributed by atoms with van der Waals surface area (Å²) in [5.74, 6) is 0.882. The number of carbonyl (C=O) groups is 2. The van der Waals surface area contributed by atoms with Gasteiger partial charge in [-0.1, -0.05) is 50.2 Å². The molecule has 0 spiro atoms. The molecule has 2 heterocycles. The fourth-order valence-electron chi connectivity index (χ4n) is 5.56. The van der Waals surface area contributed by atoms with Crippen molar-refractivity contribution >= 4 is 17.4 Å². The lowest BCUT2D eigenvalue weighted by Crippen LogP contribution is -2.31. The van der Waals surface area contributed by atoms with Crippen LogP contribution in [0.5, 0.6) is 17.2 Å². The second-order valence-corrected chi connectivity index (χ2v) is 11.4. The first-order valence-corrected chi connectivity index (χ1v) is 14.8. The van der Waals surface area contributed by atoms with Gasteiger partial charge in [-0.25, -0.2) is 0 Å². The highest BCUT2D eigenvalue weighted by Gasteiger charge is 2.46. The van der Waals surface area contributed by atoms with E-state index in [4.69, 9.17) is 14.2 Å². The lowest BCUT2D eigenvalue weighted by molar-refractivity contribution is -0.139. The molecule has 0 radical (unpaired) electrons. The van der Waals surface area contributed by atoms with Crippen molar-refractivity contribution in [2.45, 2.75) is 59.1 Å². The summed E-state index contributed by atoms with van der Waals surface area (Å²) in [4.78, 5) is 28.7. The summed E-state index contributed by atoms with van der Waals surface area (Å²) >= 11 is 0. The Labute approximate surface area is 247 Å². The van der Waals surface area contributed by atoms with Crippen LogP contribution in [0.25, 0.3) is 5.76 Å². The fraction of sp³-hybridized carbons (Fsp3) is 0.371. The lowest BCUT2D eigenvalue weighted by Gasteiger charge is -2.26. The first kappa shape index (κ1) is 29.2. The lowest BCUT2D eigenvalue weighted by atomic mass is 9.94. The number of ether oxygens (including phenoxy) is 3. The Kier molecular flexibility index (Phi) is 8.86. The van der Waals surface area contributed by atoms with Crippen LogP contribution in [-0.4, -0.2) is 47.6 Å². The SMILES string of the molecule is CCOc1cc([C@H]2/C(=C(\O)c3ccc4c(c3)C[C@@H](C)O4)C(=O)C(=O)N2CCc2ccccc2)ccc1OCCC(C)C. The molecule has 7 nitrogen and oxygen atoms in total. The van der Waals surface area contributed by atoms with E-state index in [2.05, 4.69) is 13.8 Å². The van der Waals surface area contributed by atoms with Crippen molar-refractivity contribution in [1.82, 2.24) is 4.90 Å². The van der Waals surface area contributed by atoms with Crippen molar-refractivity contribution in [2.24, 2.45) is 5.92 Å². The molecule has 1 fully saturated rings. The summed E-state index contributed by atoms with van der Waals surface area (Å²) in [5.41, 5.74) is 3.23. The Morgan fingerprint density at radius 3 is 2.55 bits per heavy atom. The molecule has 2 atom stereocenters. The number of Topliss-reactive ketones (excluding diaryl/α,β-unsaturated/α-hetero) is 1. The smallest absolute Gasteiger partial charge is 0.295 e. The van der Waals surface area contributed by atoms with Gasteiger partial charge in [-0.3, -0.25) is 9.59 Å². The largest absolute Gasteiger partial charge is 0.507 e. The maximum absolute atomic E-state index is 13.6. The molecule has 2 aliphatic heterocycles. The number of fused-ring (bicyclic) bond motifs is 1. The molecule has 3 aromatic rings. The number of benzene rings is 3. The maximum Gasteiger partial charge on any atom is 0.295 e. The fourth-order valence-corrected chi connectivity index (χ4v) is 5.56. The molecule has 42 heavy (non-hydrogen) atoms. The molecule has 0 unspecified atom stereocenters. The first-order valence-electron chi connectivity index (χ1n) is 14.8. The van der Waals surface area contributed by atoms with Crippen molar-refractivity contribution in [3.8, 4) is 17.2 Å². The molecular formula is C35H39NO6. The zero-order valence-corrected chi connectivity index (χ0v) is 24.8. The molecule has 0 aliphatic carbocycles. The van der Waals surface area contributed by atoms with Gasteiger partial charge in [0.1, 0.15) is 17.6 Å². The number of hydrogen-bond acceptors (Lipinski definition) is 6. The molecule has 220 valence electrons. The molecule has 0 aromatic heterocycles. The number of likely N-dealkylation sites (tertiary alicyclic amines) is 1. The highest BCUT2D eigenvalue weighted by molar-refractivity contribution is 6.46. The van der Waals surface area contributed by atoms with Crippen molar-refractivity contribution in [3.05, 3.63) is 94.6 Å². The van der Waals surface area contributed by atoms with E-state index in [1.807, 2.05) is 74.5 Å². The second kappa shape index (κ2) is 12.7. The van der Waals surface area contributed by atoms with Gasteiger partial charge in [-0.15, -0.1) is 0 Å². The van der Waals surface area contributed by atoms with Gasteiger partial charge in [-0.05, 0) is 79.6 Å². The number of rotatable bonds is 11. The number of ketones is 1. The number of hydrogen-bond donors (Lipinski definition) is 1. The van der Waals surface area contributed by atoms with Crippen LogP contribution in [0.2, 0.25) is 0 Å². The van der Waals surface area contributed by atoms with Crippen molar-refractivity contribution in [2.75, 3.05) is 19.8 Å². The number of aliphatic hydroxyl groups excluding tert-OH is 1. The van der Waals surface area contributed by atoms with Crippen LogP contribution in [0.1, 0.15) is 62.4 Å². The molecule has 1 amide bonds. The van der Waals surface area contributed by atoms with E-state index in [1.54, 1.807) is 11.0 Å². The van der Waals surface area contributed by atoms with Gasteiger partial charge in [-0.2, -0.15) is 0 Å². The molecule has 3 aromatic carbocycles. The summed E-state index contributed by atoms with van der Waals surface area (Å²) in [7, 11) is 0. The zero-order valence-electron chi connectivity index (χ0n) is 24.8. The number of amides is 1. The summed E-state index contributed by atoms with van der Waals surface area (Å²) in [6.45, 7) is 9.45. The molecule has 1 saturated heterocycles. The van der Waals surface area contributed by atoms with Gasteiger partial charge in [0.05, 0.1) is 24.8 Å². The van der Waals surface area contributed by atoms with E-state index in [0.29, 0.717) is 61.1 Å². The van der Waals surface area contributed by atoms with Gasteiger partial charge in [0.15, 0.2) is 11.5 Å². The third kappa shape index (κ3) is 6.15. The van der Waals surface area contributed by atoms with E-state index >= 15 is 0 Å². The minimum absolute atomic E-state index is 0.0409. The molecular weight excluding hydrogens is 530 g/mol. The van der Waals surface area contributed by atoms with Gasteiger partial charge in [0.2, 0.25) is 0 Å². The third-order valence-electron chi connectivity index (χ3n) is 7.73. The molecule has 0 saturated carbocycles. The second-order valence-electron chi connectivity index (χ2n) is 11.4. The average molecular weight is 570 g/mol. The minimum atomic E-state index is -0.791. The normalized spacial score (nSPS) is 19.2. The molecule has 2 aliphatic rings. The predicted molar refractivity (Wildman–Crippen MR) is 162 cm³/mol. The van der Waals surface area contributed by atoms with Gasteiger partial charge in [0, 0.05) is 18.5 Å². The summed E-state index contributed by atoms with van der Waals surface area (Å²) < 4.78 is 17.8. The van der Waals surface area contributed by atoms with Crippen molar-refractivity contribution < 1.29 is 28.9 Å². The van der Waals surface area contributed by atoms with Crippen LogP contribution in [-0.2, 0) is 22.4 Å².